The molecule has 0 saturated carbocycles. The first kappa shape index (κ1) is 14.5. The van der Waals surface area contributed by atoms with Crippen molar-refractivity contribution in [3.05, 3.63) is 34.9 Å². The summed E-state index contributed by atoms with van der Waals surface area (Å²) in [5.74, 6) is 0. The monoisotopic (exact) mass is 257 g/mol. The summed E-state index contributed by atoms with van der Waals surface area (Å²) < 4.78 is 11.1. The maximum absolute atomic E-state index is 6.09. The van der Waals surface area contributed by atoms with Crippen LogP contribution in [0.4, 0.5) is 0 Å². The van der Waals surface area contributed by atoms with Crippen molar-refractivity contribution < 1.29 is 9.47 Å². The third-order valence-electron chi connectivity index (χ3n) is 2.32. The van der Waals surface area contributed by atoms with E-state index in [2.05, 4.69) is 0 Å². The molecule has 2 N–H and O–H groups in total. The summed E-state index contributed by atoms with van der Waals surface area (Å²) in [6.45, 7) is 5.48. The van der Waals surface area contributed by atoms with Gasteiger partial charge in [-0.25, -0.2) is 0 Å². The maximum Gasteiger partial charge on any atom is 0.0962 e. The fourth-order valence-electron chi connectivity index (χ4n) is 1.50. The summed E-state index contributed by atoms with van der Waals surface area (Å²) in [6.07, 6.45) is 0.0507. The Labute approximate surface area is 108 Å². The summed E-state index contributed by atoms with van der Waals surface area (Å²) in [5.41, 5.74) is 6.62. The van der Waals surface area contributed by atoms with Crippen LogP contribution in [0.15, 0.2) is 24.3 Å². The molecule has 0 bridgehead atoms. The molecule has 0 spiro atoms. The van der Waals surface area contributed by atoms with E-state index in [0.717, 1.165) is 5.56 Å². The van der Waals surface area contributed by atoms with E-state index in [9.17, 15) is 0 Å². The molecule has 0 aliphatic rings. The maximum atomic E-state index is 6.09. The molecule has 0 fully saturated rings. The fourth-order valence-corrected chi connectivity index (χ4v) is 1.75. The summed E-state index contributed by atoms with van der Waals surface area (Å²) in [5, 5.41) is 0.688. The van der Waals surface area contributed by atoms with Crippen LogP contribution >= 0.6 is 11.6 Å². The van der Waals surface area contributed by atoms with Crippen molar-refractivity contribution in [2.24, 2.45) is 5.73 Å². The van der Waals surface area contributed by atoms with E-state index in [1.54, 1.807) is 0 Å². The standard InChI is InChI=1S/C13H20ClNO2/c1-10(2)16-7-8-17-13(9-15)11-5-3-4-6-12(11)14/h3-6,10,13H,7-9,15H2,1-2H3. The lowest BCUT2D eigenvalue weighted by atomic mass is 10.1. The predicted octanol–water partition coefficient (Wildman–Crippen LogP) is 2.78. The molecule has 3 nitrogen and oxygen atoms in total. The average molecular weight is 258 g/mol. The second-order valence-corrected chi connectivity index (χ2v) is 4.44. The fraction of sp³-hybridized carbons (Fsp3) is 0.538. The third-order valence-corrected chi connectivity index (χ3v) is 2.66. The van der Waals surface area contributed by atoms with Gasteiger partial charge in [-0.3, -0.25) is 0 Å². The summed E-state index contributed by atoms with van der Waals surface area (Å²) in [7, 11) is 0. The van der Waals surface area contributed by atoms with E-state index >= 15 is 0 Å². The van der Waals surface area contributed by atoms with Crippen LogP contribution in [0.25, 0.3) is 0 Å². The molecule has 0 heterocycles. The number of hydrogen-bond acceptors (Lipinski definition) is 3. The van der Waals surface area contributed by atoms with E-state index in [1.807, 2.05) is 38.1 Å². The van der Waals surface area contributed by atoms with Gasteiger partial charge >= 0.3 is 0 Å². The van der Waals surface area contributed by atoms with Gasteiger partial charge in [-0.05, 0) is 19.9 Å². The van der Waals surface area contributed by atoms with E-state index < -0.39 is 0 Å². The van der Waals surface area contributed by atoms with E-state index in [4.69, 9.17) is 26.8 Å². The number of ether oxygens (including phenoxy) is 2. The van der Waals surface area contributed by atoms with Crippen LogP contribution in [-0.2, 0) is 9.47 Å². The topological polar surface area (TPSA) is 44.5 Å². The molecule has 1 aromatic rings. The van der Waals surface area contributed by atoms with Gasteiger partial charge in [0.15, 0.2) is 0 Å². The van der Waals surface area contributed by atoms with Crippen molar-refractivity contribution in [2.75, 3.05) is 19.8 Å². The molecule has 1 unspecified atom stereocenters. The first-order chi connectivity index (χ1) is 8.15. The van der Waals surface area contributed by atoms with Crippen molar-refractivity contribution in [2.45, 2.75) is 26.1 Å². The van der Waals surface area contributed by atoms with Crippen molar-refractivity contribution in [3.8, 4) is 0 Å². The molecule has 96 valence electrons. The number of halogens is 1. The smallest absolute Gasteiger partial charge is 0.0962 e. The minimum Gasteiger partial charge on any atom is -0.376 e. The van der Waals surface area contributed by atoms with Gasteiger partial charge in [-0.1, -0.05) is 29.8 Å². The highest BCUT2D eigenvalue weighted by molar-refractivity contribution is 6.31. The van der Waals surface area contributed by atoms with Crippen molar-refractivity contribution in [3.63, 3.8) is 0 Å². The Balaban J connectivity index is 2.46. The lowest BCUT2D eigenvalue weighted by Crippen LogP contribution is -2.19. The zero-order valence-corrected chi connectivity index (χ0v) is 11.1. The van der Waals surface area contributed by atoms with Crippen LogP contribution < -0.4 is 5.73 Å². The first-order valence-electron chi connectivity index (χ1n) is 5.82. The lowest BCUT2D eigenvalue weighted by Gasteiger charge is -2.18. The van der Waals surface area contributed by atoms with Crippen LogP contribution in [-0.4, -0.2) is 25.9 Å². The summed E-state index contributed by atoms with van der Waals surface area (Å²) >= 11 is 6.09. The normalized spacial score (nSPS) is 13.0. The molecule has 1 atom stereocenters. The van der Waals surface area contributed by atoms with Crippen LogP contribution in [0.2, 0.25) is 5.02 Å². The van der Waals surface area contributed by atoms with E-state index in [1.165, 1.54) is 0 Å². The Morgan fingerprint density at radius 3 is 2.41 bits per heavy atom. The quantitative estimate of drug-likeness (QED) is 0.764. The van der Waals surface area contributed by atoms with Gasteiger partial charge in [0.25, 0.3) is 0 Å². The molecular formula is C13H20ClNO2. The molecule has 17 heavy (non-hydrogen) atoms. The van der Waals surface area contributed by atoms with Gasteiger partial charge < -0.3 is 15.2 Å². The molecule has 0 aliphatic carbocycles. The van der Waals surface area contributed by atoms with Gasteiger partial charge in [0.2, 0.25) is 0 Å². The van der Waals surface area contributed by atoms with Gasteiger partial charge in [0.05, 0.1) is 25.4 Å². The Morgan fingerprint density at radius 1 is 1.18 bits per heavy atom. The van der Waals surface area contributed by atoms with Crippen LogP contribution in [0.5, 0.6) is 0 Å². The molecule has 0 aliphatic heterocycles. The summed E-state index contributed by atoms with van der Waals surface area (Å²) in [6, 6.07) is 7.59. The van der Waals surface area contributed by atoms with Crippen molar-refractivity contribution >= 4 is 11.6 Å². The average Bonchev–Trinajstić information content (AvgIpc) is 2.30. The van der Waals surface area contributed by atoms with Gasteiger partial charge in [0.1, 0.15) is 0 Å². The van der Waals surface area contributed by atoms with E-state index in [-0.39, 0.29) is 12.2 Å². The first-order valence-corrected chi connectivity index (χ1v) is 6.20. The highest BCUT2D eigenvalue weighted by atomic mass is 35.5. The van der Waals surface area contributed by atoms with Crippen LogP contribution in [0, 0.1) is 0 Å². The number of nitrogens with two attached hydrogens (primary N) is 1. The van der Waals surface area contributed by atoms with Crippen LogP contribution in [0.1, 0.15) is 25.5 Å². The Morgan fingerprint density at radius 2 is 1.82 bits per heavy atom. The largest absolute Gasteiger partial charge is 0.376 e. The zero-order valence-electron chi connectivity index (χ0n) is 10.4. The Kier molecular flexibility index (Phi) is 6.52. The third kappa shape index (κ3) is 5.04. The predicted molar refractivity (Wildman–Crippen MR) is 70.3 cm³/mol. The number of hydrogen-bond donors (Lipinski definition) is 1. The second-order valence-electron chi connectivity index (χ2n) is 4.04. The minimum atomic E-state index is -0.167. The molecule has 0 aromatic heterocycles. The minimum absolute atomic E-state index is 0.167. The number of rotatable bonds is 7. The van der Waals surface area contributed by atoms with Gasteiger partial charge in [0, 0.05) is 17.1 Å². The SMILES string of the molecule is CC(C)OCCOC(CN)c1ccccc1Cl. The molecule has 1 rings (SSSR count). The molecule has 0 radical (unpaired) electrons. The highest BCUT2D eigenvalue weighted by Gasteiger charge is 2.12. The zero-order chi connectivity index (χ0) is 12.7. The molecular weight excluding hydrogens is 238 g/mol. The van der Waals surface area contributed by atoms with Crippen molar-refractivity contribution in [1.29, 1.82) is 0 Å². The summed E-state index contributed by atoms with van der Waals surface area (Å²) in [4.78, 5) is 0. The molecule has 4 heteroatoms. The molecule has 0 amide bonds. The Bertz CT molecular complexity index is 331. The van der Waals surface area contributed by atoms with Crippen molar-refractivity contribution in [1.82, 2.24) is 0 Å². The molecule has 1 aromatic carbocycles. The van der Waals surface area contributed by atoms with E-state index in [0.29, 0.717) is 24.8 Å². The second kappa shape index (κ2) is 7.67. The Hall–Kier alpha value is -0.610. The highest BCUT2D eigenvalue weighted by Crippen LogP contribution is 2.24. The van der Waals surface area contributed by atoms with Crippen LogP contribution in [0.3, 0.4) is 0 Å². The van der Waals surface area contributed by atoms with Gasteiger partial charge in [-0.2, -0.15) is 0 Å². The van der Waals surface area contributed by atoms with Gasteiger partial charge in [-0.15, -0.1) is 0 Å². The molecule has 0 saturated heterocycles. The lowest BCUT2D eigenvalue weighted by molar-refractivity contribution is -0.0104. The number of benzene rings is 1.